The molecule has 8 heteroatoms. The molecule has 1 aromatic heterocycles. The van der Waals surface area contributed by atoms with Gasteiger partial charge < -0.3 is 19.9 Å². The summed E-state index contributed by atoms with van der Waals surface area (Å²) < 4.78 is 10.3. The van der Waals surface area contributed by atoms with Gasteiger partial charge in [-0.25, -0.2) is 9.78 Å². The summed E-state index contributed by atoms with van der Waals surface area (Å²) in [4.78, 5) is 31.0. The third-order valence-corrected chi connectivity index (χ3v) is 7.31. The minimum absolute atomic E-state index is 0.145. The predicted molar refractivity (Wildman–Crippen MR) is 129 cm³/mol. The van der Waals surface area contributed by atoms with Crippen molar-refractivity contribution in [1.82, 2.24) is 10.3 Å². The van der Waals surface area contributed by atoms with Gasteiger partial charge in [0.25, 0.3) is 0 Å². The predicted octanol–water partition coefficient (Wildman–Crippen LogP) is 4.35. The number of nitrogens with zero attached hydrogens (tertiary/aromatic N) is 1. The van der Waals surface area contributed by atoms with Crippen molar-refractivity contribution < 1.29 is 24.2 Å². The van der Waals surface area contributed by atoms with Gasteiger partial charge >= 0.3 is 11.9 Å². The number of phenolic OH excluding ortho intramolecular Hbond substituents is 1. The number of carbonyl (C=O) groups is 2. The fourth-order valence-corrected chi connectivity index (χ4v) is 5.66. The number of thiazole rings is 1. The van der Waals surface area contributed by atoms with Crippen molar-refractivity contribution >= 4 is 23.3 Å². The number of allylic oxidation sites excluding steroid dienone is 1. The summed E-state index contributed by atoms with van der Waals surface area (Å²) in [6.45, 7) is 3.70. The Labute approximate surface area is 202 Å². The van der Waals surface area contributed by atoms with E-state index in [0.717, 1.165) is 11.1 Å². The molecular formula is C26H26N2O5S. The molecule has 0 bridgehead atoms. The molecule has 0 saturated carbocycles. The number of carbonyl (C=O) groups excluding carboxylic acids is 2. The molecule has 3 atom stereocenters. The zero-order chi connectivity index (χ0) is 24.5. The van der Waals surface area contributed by atoms with Gasteiger partial charge in [0, 0.05) is 22.6 Å². The van der Waals surface area contributed by atoms with Crippen molar-refractivity contribution in [3.63, 3.8) is 0 Å². The molecule has 0 spiro atoms. The highest BCUT2D eigenvalue weighted by Gasteiger charge is 2.54. The number of aromatic hydroxyl groups is 1. The minimum Gasteiger partial charge on any atom is -0.508 e. The SMILES string of the molecule is COC(=O)C1=C(C)NC(C)(c2nc(-c3cccc(O)c3)cs2)C(C(=O)OC)C1c1ccccc1. The zero-order valence-corrected chi connectivity index (χ0v) is 20.2. The van der Waals surface area contributed by atoms with Crippen LogP contribution in [0.4, 0.5) is 0 Å². The van der Waals surface area contributed by atoms with Crippen LogP contribution >= 0.6 is 11.3 Å². The highest BCUT2D eigenvalue weighted by molar-refractivity contribution is 7.10. The summed E-state index contributed by atoms with van der Waals surface area (Å²) in [6, 6.07) is 16.3. The Kier molecular flexibility index (Phi) is 6.43. The third kappa shape index (κ3) is 4.05. The number of benzene rings is 2. The van der Waals surface area contributed by atoms with Crippen LogP contribution in [0.1, 0.15) is 30.3 Å². The van der Waals surface area contributed by atoms with Gasteiger partial charge in [0.1, 0.15) is 16.3 Å². The van der Waals surface area contributed by atoms with E-state index in [4.69, 9.17) is 14.5 Å². The van der Waals surface area contributed by atoms with Crippen LogP contribution < -0.4 is 5.32 Å². The summed E-state index contributed by atoms with van der Waals surface area (Å²) in [6.07, 6.45) is 0. The highest BCUT2D eigenvalue weighted by atomic mass is 32.1. The number of phenols is 1. The average molecular weight is 479 g/mol. The monoisotopic (exact) mass is 478 g/mol. The summed E-state index contributed by atoms with van der Waals surface area (Å²) in [5, 5.41) is 15.8. The molecule has 2 aromatic carbocycles. The van der Waals surface area contributed by atoms with Gasteiger partial charge in [0.15, 0.2) is 0 Å². The maximum Gasteiger partial charge on any atom is 0.336 e. The van der Waals surface area contributed by atoms with Crippen molar-refractivity contribution in [2.75, 3.05) is 14.2 Å². The summed E-state index contributed by atoms with van der Waals surface area (Å²) in [5.74, 6) is -2.24. The Bertz CT molecular complexity index is 1250. The molecule has 7 nitrogen and oxygen atoms in total. The Morgan fingerprint density at radius 2 is 1.82 bits per heavy atom. The second-order valence-corrected chi connectivity index (χ2v) is 9.19. The van der Waals surface area contributed by atoms with Gasteiger partial charge in [-0.15, -0.1) is 11.3 Å². The van der Waals surface area contributed by atoms with E-state index in [-0.39, 0.29) is 5.75 Å². The molecule has 34 heavy (non-hydrogen) atoms. The van der Waals surface area contributed by atoms with Gasteiger partial charge in [0.05, 0.1) is 31.4 Å². The number of rotatable bonds is 5. The van der Waals surface area contributed by atoms with Gasteiger partial charge in [-0.3, -0.25) is 4.79 Å². The first kappa shape index (κ1) is 23.5. The Hall–Kier alpha value is -3.65. The molecule has 0 amide bonds. The van der Waals surface area contributed by atoms with Crippen molar-refractivity contribution in [2.45, 2.75) is 25.3 Å². The number of methoxy groups -OCH3 is 2. The van der Waals surface area contributed by atoms with Crippen LogP contribution in [0.5, 0.6) is 5.75 Å². The molecule has 3 unspecified atom stereocenters. The van der Waals surface area contributed by atoms with Crippen molar-refractivity contribution in [3.8, 4) is 17.0 Å². The quantitative estimate of drug-likeness (QED) is 0.526. The fraction of sp³-hybridized carbons (Fsp3) is 0.269. The maximum atomic E-state index is 13.3. The molecule has 0 aliphatic carbocycles. The Balaban J connectivity index is 1.91. The molecule has 176 valence electrons. The molecule has 0 radical (unpaired) electrons. The van der Waals surface area contributed by atoms with Crippen LogP contribution in [-0.4, -0.2) is 36.2 Å². The smallest absolute Gasteiger partial charge is 0.336 e. The van der Waals surface area contributed by atoms with Crippen LogP contribution in [0, 0.1) is 5.92 Å². The van der Waals surface area contributed by atoms with E-state index in [1.54, 1.807) is 25.1 Å². The van der Waals surface area contributed by atoms with Crippen molar-refractivity contribution in [2.24, 2.45) is 5.92 Å². The van der Waals surface area contributed by atoms with Gasteiger partial charge in [-0.2, -0.15) is 0 Å². The third-order valence-electron chi connectivity index (χ3n) is 6.23. The topological polar surface area (TPSA) is 97.8 Å². The molecule has 0 saturated heterocycles. The van der Waals surface area contributed by atoms with Crippen molar-refractivity contribution in [3.05, 3.63) is 81.8 Å². The average Bonchev–Trinajstić information content (AvgIpc) is 3.35. The zero-order valence-electron chi connectivity index (χ0n) is 19.4. The molecule has 2 N–H and O–H groups in total. The lowest BCUT2D eigenvalue weighted by molar-refractivity contribution is -0.150. The second kappa shape index (κ2) is 9.30. The largest absolute Gasteiger partial charge is 0.508 e. The molecule has 4 rings (SSSR count). The van der Waals surface area contributed by atoms with E-state index < -0.39 is 29.3 Å². The first-order valence-corrected chi connectivity index (χ1v) is 11.6. The lowest BCUT2D eigenvalue weighted by Gasteiger charge is -2.45. The van der Waals surface area contributed by atoms with Crippen LogP contribution in [-0.2, 0) is 24.6 Å². The standard InChI is InChI=1S/C26H26N2O5S/c1-15-20(23(30)32-3)21(16-9-6-5-7-10-16)22(24(31)33-4)26(2,28-15)25-27-19(14-34-25)17-11-8-12-18(29)13-17/h5-14,21-22,28-29H,1-4H3. The molecule has 3 aromatic rings. The van der Waals surface area contributed by atoms with Crippen LogP contribution in [0.3, 0.4) is 0 Å². The number of hydrogen-bond donors (Lipinski definition) is 2. The summed E-state index contributed by atoms with van der Waals surface area (Å²) >= 11 is 1.40. The van der Waals surface area contributed by atoms with E-state index in [2.05, 4.69) is 5.32 Å². The minimum atomic E-state index is -0.977. The molecule has 1 aliphatic heterocycles. The lowest BCUT2D eigenvalue weighted by Crippen LogP contribution is -2.55. The number of esters is 2. The summed E-state index contributed by atoms with van der Waals surface area (Å²) in [5.41, 5.74) is 2.26. The van der Waals surface area contributed by atoms with Crippen molar-refractivity contribution in [1.29, 1.82) is 0 Å². The van der Waals surface area contributed by atoms with Crippen LogP contribution in [0.25, 0.3) is 11.3 Å². The number of ether oxygens (including phenoxy) is 2. The van der Waals surface area contributed by atoms with Gasteiger partial charge in [-0.1, -0.05) is 42.5 Å². The van der Waals surface area contributed by atoms with Crippen LogP contribution in [0.15, 0.2) is 71.2 Å². The van der Waals surface area contributed by atoms with Crippen LogP contribution in [0.2, 0.25) is 0 Å². The Morgan fingerprint density at radius 3 is 2.47 bits per heavy atom. The van der Waals surface area contributed by atoms with E-state index in [9.17, 15) is 14.7 Å². The fourth-order valence-electron chi connectivity index (χ4n) is 4.67. The second-order valence-electron chi connectivity index (χ2n) is 8.34. The van der Waals surface area contributed by atoms with Gasteiger partial charge in [0.2, 0.25) is 0 Å². The van der Waals surface area contributed by atoms with E-state index in [1.807, 2.05) is 48.7 Å². The lowest BCUT2D eigenvalue weighted by atomic mass is 9.67. The van der Waals surface area contributed by atoms with E-state index >= 15 is 0 Å². The van der Waals surface area contributed by atoms with E-state index in [1.165, 1.54) is 25.6 Å². The number of aromatic nitrogens is 1. The molecular weight excluding hydrogens is 452 g/mol. The molecule has 1 aliphatic rings. The first-order valence-electron chi connectivity index (χ1n) is 10.8. The van der Waals surface area contributed by atoms with E-state index in [0.29, 0.717) is 22.0 Å². The maximum absolute atomic E-state index is 13.3. The molecule has 0 fully saturated rings. The molecule has 2 heterocycles. The first-order chi connectivity index (χ1) is 16.3. The Morgan fingerprint density at radius 1 is 1.09 bits per heavy atom. The number of nitrogens with one attached hydrogen (secondary N) is 1. The number of hydrogen-bond acceptors (Lipinski definition) is 8. The normalized spacial score (nSPS) is 22.1. The highest BCUT2D eigenvalue weighted by Crippen LogP contribution is 2.49. The van der Waals surface area contributed by atoms with Gasteiger partial charge in [-0.05, 0) is 31.5 Å². The summed E-state index contributed by atoms with van der Waals surface area (Å²) in [7, 11) is 2.67.